The molecule has 4 rings (SSSR count). The van der Waals surface area contributed by atoms with Crippen molar-refractivity contribution in [1.82, 2.24) is 10.2 Å². The largest absolute Gasteiger partial charge is 0.507 e. The topological polar surface area (TPSA) is 83.4 Å². The summed E-state index contributed by atoms with van der Waals surface area (Å²) in [5.41, 5.74) is 0.261. The molecule has 6 nitrogen and oxygen atoms in total. The van der Waals surface area contributed by atoms with E-state index >= 15 is 0 Å². The fraction of sp³-hybridized carbons (Fsp3) is 0.100. The van der Waals surface area contributed by atoms with Crippen molar-refractivity contribution in [2.24, 2.45) is 0 Å². The van der Waals surface area contributed by atoms with Crippen LogP contribution in [0.4, 0.5) is 9.52 Å². The number of halogens is 1. The molecule has 0 unspecified atom stereocenters. The number of benzene rings is 2. The van der Waals surface area contributed by atoms with Gasteiger partial charge >= 0.3 is 5.91 Å². The first-order valence-corrected chi connectivity index (χ1v) is 9.21. The molecule has 28 heavy (non-hydrogen) atoms. The number of carbonyl (C=O) groups excluding carboxylic acids is 2. The molecule has 1 aliphatic rings. The van der Waals surface area contributed by atoms with E-state index in [1.165, 1.54) is 18.2 Å². The smallest absolute Gasteiger partial charge is 0.301 e. The van der Waals surface area contributed by atoms with E-state index in [0.717, 1.165) is 16.2 Å². The summed E-state index contributed by atoms with van der Waals surface area (Å²) in [7, 11) is 0. The van der Waals surface area contributed by atoms with Gasteiger partial charge in [-0.3, -0.25) is 14.5 Å². The Labute approximate surface area is 163 Å². The van der Waals surface area contributed by atoms with E-state index < -0.39 is 23.5 Å². The number of aliphatic hydroxyl groups is 1. The first kappa shape index (κ1) is 18.0. The van der Waals surface area contributed by atoms with E-state index in [1.807, 2.05) is 0 Å². The van der Waals surface area contributed by atoms with E-state index in [1.54, 1.807) is 43.3 Å². The molecule has 1 fully saturated rings. The Bertz CT molecular complexity index is 1110. The highest BCUT2D eigenvalue weighted by atomic mass is 32.1. The first-order chi connectivity index (χ1) is 13.5. The predicted octanol–water partition coefficient (Wildman–Crippen LogP) is 3.61. The zero-order chi connectivity index (χ0) is 19.8. The number of amides is 1. The average molecular weight is 395 g/mol. The van der Waals surface area contributed by atoms with Gasteiger partial charge in [0.25, 0.3) is 5.78 Å². The van der Waals surface area contributed by atoms with Gasteiger partial charge in [0.05, 0.1) is 5.57 Å². The molecule has 1 atom stereocenters. The molecule has 2 heterocycles. The molecule has 1 saturated heterocycles. The number of aryl methyl sites for hydroxylation is 1. The van der Waals surface area contributed by atoms with Crippen LogP contribution in [-0.4, -0.2) is 27.0 Å². The lowest BCUT2D eigenvalue weighted by atomic mass is 9.95. The Balaban J connectivity index is 1.98. The third-order valence-corrected chi connectivity index (χ3v) is 5.25. The maximum absolute atomic E-state index is 14.6. The number of anilines is 1. The van der Waals surface area contributed by atoms with E-state index in [0.29, 0.717) is 10.6 Å². The van der Waals surface area contributed by atoms with Crippen molar-refractivity contribution in [1.29, 1.82) is 0 Å². The van der Waals surface area contributed by atoms with Crippen molar-refractivity contribution in [2.75, 3.05) is 4.90 Å². The second-order valence-corrected chi connectivity index (χ2v) is 7.32. The molecule has 0 saturated carbocycles. The molecule has 1 amide bonds. The second-order valence-electron chi connectivity index (χ2n) is 6.16. The quantitative estimate of drug-likeness (QED) is 0.416. The van der Waals surface area contributed by atoms with Gasteiger partial charge in [0.15, 0.2) is 0 Å². The summed E-state index contributed by atoms with van der Waals surface area (Å²) < 4.78 is 14.6. The van der Waals surface area contributed by atoms with Crippen molar-refractivity contribution < 1.29 is 19.1 Å². The van der Waals surface area contributed by atoms with Gasteiger partial charge in [-0.2, -0.15) is 0 Å². The molecule has 0 bridgehead atoms. The summed E-state index contributed by atoms with van der Waals surface area (Å²) in [6, 6.07) is 13.0. The minimum Gasteiger partial charge on any atom is -0.507 e. The summed E-state index contributed by atoms with van der Waals surface area (Å²) in [5, 5.41) is 19.4. The molecule has 0 aliphatic carbocycles. The standard InChI is InChI=1S/C20H14FN3O3S/c1-11-22-23-20(28-11)24-16(13-9-5-6-10-14(13)21)15(18(26)19(24)27)17(25)12-7-3-2-4-8-12/h2-10,16,25H,1H3/b17-15+/t16-/m0/s1. The zero-order valence-corrected chi connectivity index (χ0v) is 15.5. The van der Waals surface area contributed by atoms with Crippen LogP contribution in [0.15, 0.2) is 60.2 Å². The fourth-order valence-electron chi connectivity index (χ4n) is 3.16. The van der Waals surface area contributed by atoms with Gasteiger partial charge in [0.2, 0.25) is 5.13 Å². The molecule has 3 aromatic rings. The van der Waals surface area contributed by atoms with E-state index in [9.17, 15) is 19.1 Å². The Hall–Kier alpha value is -3.39. The monoisotopic (exact) mass is 395 g/mol. The third kappa shape index (κ3) is 2.87. The predicted molar refractivity (Wildman–Crippen MR) is 102 cm³/mol. The number of aliphatic hydroxyl groups excluding tert-OH is 1. The lowest BCUT2D eigenvalue weighted by Gasteiger charge is -2.22. The summed E-state index contributed by atoms with van der Waals surface area (Å²) in [5.74, 6) is -2.75. The highest BCUT2D eigenvalue weighted by Crippen LogP contribution is 2.43. The van der Waals surface area contributed by atoms with Gasteiger partial charge in [-0.15, -0.1) is 10.2 Å². The summed E-state index contributed by atoms with van der Waals surface area (Å²) in [6.07, 6.45) is 0. The van der Waals surface area contributed by atoms with Crippen LogP contribution in [0.5, 0.6) is 0 Å². The lowest BCUT2D eigenvalue weighted by Crippen LogP contribution is -2.29. The summed E-state index contributed by atoms with van der Waals surface area (Å²) >= 11 is 1.11. The molecular weight excluding hydrogens is 381 g/mol. The van der Waals surface area contributed by atoms with Gasteiger partial charge < -0.3 is 5.11 Å². The molecule has 8 heteroatoms. The minimum absolute atomic E-state index is 0.0898. The van der Waals surface area contributed by atoms with Gasteiger partial charge in [-0.1, -0.05) is 59.9 Å². The van der Waals surface area contributed by atoms with Crippen LogP contribution >= 0.6 is 11.3 Å². The van der Waals surface area contributed by atoms with Crippen LogP contribution in [0.1, 0.15) is 22.2 Å². The van der Waals surface area contributed by atoms with Gasteiger partial charge in [-0.05, 0) is 13.0 Å². The van der Waals surface area contributed by atoms with Gasteiger partial charge in [0.1, 0.15) is 22.6 Å². The second kappa shape index (κ2) is 6.97. The van der Waals surface area contributed by atoms with E-state index in [2.05, 4.69) is 10.2 Å². The van der Waals surface area contributed by atoms with E-state index in [-0.39, 0.29) is 22.0 Å². The van der Waals surface area contributed by atoms with E-state index in [4.69, 9.17) is 0 Å². The lowest BCUT2D eigenvalue weighted by molar-refractivity contribution is -0.132. The van der Waals surface area contributed by atoms with Crippen molar-refractivity contribution in [3.63, 3.8) is 0 Å². The van der Waals surface area contributed by atoms with Gasteiger partial charge in [0, 0.05) is 11.1 Å². The highest BCUT2D eigenvalue weighted by molar-refractivity contribution is 7.15. The number of Topliss-reactive ketones (excluding diaryl/α,β-unsaturated/α-hetero) is 1. The maximum atomic E-state index is 14.6. The molecule has 140 valence electrons. The molecule has 2 aromatic carbocycles. The number of aromatic nitrogens is 2. The minimum atomic E-state index is -1.14. The van der Waals surface area contributed by atoms with Crippen molar-refractivity contribution in [3.8, 4) is 0 Å². The number of carbonyl (C=O) groups is 2. The van der Waals surface area contributed by atoms with Crippen molar-refractivity contribution in [3.05, 3.63) is 82.1 Å². The molecule has 0 radical (unpaired) electrons. The number of hydrogen-bond acceptors (Lipinski definition) is 6. The zero-order valence-electron chi connectivity index (χ0n) is 14.7. The molecule has 1 N–H and O–H groups in total. The Kier molecular flexibility index (Phi) is 4.48. The first-order valence-electron chi connectivity index (χ1n) is 8.40. The maximum Gasteiger partial charge on any atom is 0.301 e. The molecule has 1 aliphatic heterocycles. The third-order valence-electron chi connectivity index (χ3n) is 4.41. The molecule has 0 spiro atoms. The molecule has 1 aromatic heterocycles. The SMILES string of the molecule is Cc1nnc(N2C(=O)C(=O)/C(=C(/O)c3ccccc3)[C@@H]2c2ccccc2F)s1. The normalized spacial score (nSPS) is 18.6. The Morgan fingerprint density at radius 2 is 1.75 bits per heavy atom. The number of ketones is 1. The Morgan fingerprint density at radius 3 is 2.39 bits per heavy atom. The van der Waals surface area contributed by atoms with Crippen LogP contribution < -0.4 is 4.90 Å². The van der Waals surface area contributed by atoms with Crippen LogP contribution in [0.3, 0.4) is 0 Å². The summed E-state index contributed by atoms with van der Waals surface area (Å²) in [4.78, 5) is 26.7. The van der Waals surface area contributed by atoms with Crippen molar-refractivity contribution >= 4 is 33.9 Å². The number of hydrogen-bond donors (Lipinski definition) is 1. The number of nitrogens with zero attached hydrogens (tertiary/aromatic N) is 3. The average Bonchev–Trinajstić information content (AvgIpc) is 3.23. The van der Waals surface area contributed by atoms with Crippen LogP contribution in [-0.2, 0) is 9.59 Å². The van der Waals surface area contributed by atoms with Gasteiger partial charge in [-0.25, -0.2) is 4.39 Å². The molecular formula is C20H14FN3O3S. The van der Waals surface area contributed by atoms with Crippen LogP contribution in [0.25, 0.3) is 5.76 Å². The fourth-order valence-corrected chi connectivity index (χ4v) is 3.87. The van der Waals surface area contributed by atoms with Crippen molar-refractivity contribution in [2.45, 2.75) is 13.0 Å². The summed E-state index contributed by atoms with van der Waals surface area (Å²) in [6.45, 7) is 1.71. The Morgan fingerprint density at radius 1 is 1.07 bits per heavy atom. The highest BCUT2D eigenvalue weighted by Gasteiger charge is 2.49. The number of rotatable bonds is 3. The van der Waals surface area contributed by atoms with Crippen LogP contribution in [0.2, 0.25) is 0 Å². The van der Waals surface area contributed by atoms with Crippen LogP contribution in [0, 0.1) is 12.7 Å².